The molecule has 9 heteroatoms. The number of hydrogen-bond donors (Lipinski definition) is 1. The van der Waals surface area contributed by atoms with Crippen molar-refractivity contribution in [2.24, 2.45) is 0 Å². The summed E-state index contributed by atoms with van der Waals surface area (Å²) in [6, 6.07) is -0.293. The molecule has 1 atom stereocenters. The Morgan fingerprint density at radius 1 is 1.63 bits per heavy atom. The molecule has 19 heavy (non-hydrogen) atoms. The Hall–Kier alpha value is -1.16. The van der Waals surface area contributed by atoms with Crippen molar-refractivity contribution in [3.05, 3.63) is 11.6 Å². The Morgan fingerprint density at radius 3 is 2.95 bits per heavy atom. The number of sulfonamides is 1. The lowest BCUT2D eigenvalue weighted by molar-refractivity contribution is 0.149. The third kappa shape index (κ3) is 2.34. The second kappa shape index (κ2) is 5.08. The zero-order chi connectivity index (χ0) is 14.2. The van der Waals surface area contributed by atoms with E-state index in [2.05, 4.69) is 4.98 Å². The number of likely N-dealkylation sites (N-methyl/N-ethyl adjacent to an activating group) is 1. The molecule has 0 bridgehead atoms. The van der Waals surface area contributed by atoms with Crippen LogP contribution < -0.4 is 5.73 Å². The van der Waals surface area contributed by atoms with Crippen molar-refractivity contribution in [3.63, 3.8) is 0 Å². The summed E-state index contributed by atoms with van der Waals surface area (Å²) >= 11 is 1.33. The number of rotatable bonds is 5. The molecule has 0 aliphatic heterocycles. The van der Waals surface area contributed by atoms with Crippen molar-refractivity contribution < 1.29 is 13.2 Å². The monoisotopic (exact) mass is 304 g/mol. The molecule has 0 aliphatic rings. The van der Waals surface area contributed by atoms with Crippen LogP contribution in [0.3, 0.4) is 0 Å². The third-order valence-electron chi connectivity index (χ3n) is 2.90. The number of fused-ring (bicyclic) bond motifs is 1. The highest BCUT2D eigenvalue weighted by atomic mass is 32.2. The lowest BCUT2D eigenvalue weighted by atomic mass is 10.4. The van der Waals surface area contributed by atoms with Crippen LogP contribution in [0.2, 0.25) is 0 Å². The first-order valence-electron chi connectivity index (χ1n) is 5.57. The van der Waals surface area contributed by atoms with Crippen LogP contribution in [0.25, 0.3) is 4.96 Å². The highest BCUT2D eigenvalue weighted by molar-refractivity contribution is 7.89. The summed E-state index contributed by atoms with van der Waals surface area (Å²) in [5.41, 5.74) is 5.73. The van der Waals surface area contributed by atoms with E-state index in [0.29, 0.717) is 11.6 Å². The fourth-order valence-corrected chi connectivity index (χ4v) is 4.05. The number of anilines is 1. The summed E-state index contributed by atoms with van der Waals surface area (Å²) < 4.78 is 32.9. The van der Waals surface area contributed by atoms with Crippen LogP contribution in [0.15, 0.2) is 16.6 Å². The normalized spacial score (nSPS) is 14.3. The van der Waals surface area contributed by atoms with Crippen molar-refractivity contribution in [2.75, 3.05) is 26.5 Å². The highest BCUT2D eigenvalue weighted by Crippen LogP contribution is 2.26. The maximum Gasteiger partial charge on any atom is 0.262 e. The molecule has 0 radical (unpaired) electrons. The molecule has 2 aromatic rings. The Bertz CT molecular complexity index is 676. The van der Waals surface area contributed by atoms with Crippen LogP contribution in [0.5, 0.6) is 0 Å². The molecular formula is C10H16N4O3S2. The molecule has 106 valence electrons. The highest BCUT2D eigenvalue weighted by Gasteiger charge is 2.31. The smallest absolute Gasteiger partial charge is 0.262 e. The van der Waals surface area contributed by atoms with Gasteiger partial charge in [-0.2, -0.15) is 4.31 Å². The quantitative estimate of drug-likeness (QED) is 0.875. The largest absolute Gasteiger partial charge is 0.383 e. The van der Waals surface area contributed by atoms with Crippen LogP contribution in [-0.4, -0.2) is 48.9 Å². The van der Waals surface area contributed by atoms with Crippen molar-refractivity contribution in [1.29, 1.82) is 0 Å². The van der Waals surface area contributed by atoms with Crippen LogP contribution >= 0.6 is 11.3 Å². The van der Waals surface area contributed by atoms with Gasteiger partial charge in [0.2, 0.25) is 0 Å². The molecule has 0 spiro atoms. The average molecular weight is 304 g/mol. The van der Waals surface area contributed by atoms with Crippen molar-refractivity contribution in [3.8, 4) is 0 Å². The number of methoxy groups -OCH3 is 1. The van der Waals surface area contributed by atoms with Crippen LogP contribution in [0.4, 0.5) is 5.82 Å². The van der Waals surface area contributed by atoms with Crippen molar-refractivity contribution in [1.82, 2.24) is 13.7 Å². The van der Waals surface area contributed by atoms with Gasteiger partial charge in [0.05, 0.1) is 6.61 Å². The minimum absolute atomic E-state index is 0.00852. The first kappa shape index (κ1) is 14.3. The molecule has 2 N–H and O–H groups in total. The summed E-state index contributed by atoms with van der Waals surface area (Å²) in [6.45, 7) is 2.07. The summed E-state index contributed by atoms with van der Waals surface area (Å²) in [5, 5.41) is 1.77. The van der Waals surface area contributed by atoms with Gasteiger partial charge in [-0.15, -0.1) is 11.3 Å². The van der Waals surface area contributed by atoms with Gasteiger partial charge in [-0.05, 0) is 6.92 Å². The predicted molar refractivity (Wildman–Crippen MR) is 73.8 cm³/mol. The standard InChI is InChI=1S/C10H16N4O3S2/c1-7(6-17-3)13(2)19(15,16)9-8(11)12-10-14(9)4-5-18-10/h4-5,7H,6,11H2,1-3H3. The molecule has 0 aromatic carbocycles. The Labute approximate surface area is 115 Å². The first-order valence-corrected chi connectivity index (χ1v) is 7.89. The van der Waals surface area contributed by atoms with E-state index in [4.69, 9.17) is 10.5 Å². The molecule has 0 aliphatic carbocycles. The minimum Gasteiger partial charge on any atom is -0.383 e. The van der Waals surface area contributed by atoms with Crippen LogP contribution in [-0.2, 0) is 14.8 Å². The van der Waals surface area contributed by atoms with E-state index in [1.54, 1.807) is 18.5 Å². The van der Waals surface area contributed by atoms with Gasteiger partial charge in [0.15, 0.2) is 15.8 Å². The second-order valence-corrected chi connectivity index (χ2v) is 6.97. The zero-order valence-corrected chi connectivity index (χ0v) is 12.5. The maximum absolute atomic E-state index is 12.6. The number of nitrogens with zero attached hydrogens (tertiary/aromatic N) is 3. The van der Waals surface area contributed by atoms with E-state index in [1.807, 2.05) is 0 Å². The van der Waals surface area contributed by atoms with Gasteiger partial charge >= 0.3 is 0 Å². The first-order chi connectivity index (χ1) is 8.89. The van der Waals surface area contributed by atoms with Gasteiger partial charge in [0, 0.05) is 31.8 Å². The summed E-state index contributed by atoms with van der Waals surface area (Å²) in [5.74, 6) is 0.0170. The minimum atomic E-state index is -3.71. The summed E-state index contributed by atoms with van der Waals surface area (Å²) in [7, 11) is -0.676. The number of thiazole rings is 1. The van der Waals surface area contributed by atoms with E-state index in [-0.39, 0.29) is 16.9 Å². The number of imidazole rings is 1. The number of ether oxygens (including phenoxy) is 1. The molecule has 0 fully saturated rings. The van der Waals surface area contributed by atoms with Gasteiger partial charge in [-0.3, -0.25) is 4.40 Å². The SMILES string of the molecule is COCC(C)N(C)S(=O)(=O)c1c(N)nc2sccn12. The van der Waals surface area contributed by atoms with E-state index in [0.717, 1.165) is 0 Å². The number of nitrogens with two attached hydrogens (primary N) is 1. The van der Waals surface area contributed by atoms with Gasteiger partial charge in [-0.1, -0.05) is 0 Å². The lowest BCUT2D eigenvalue weighted by Gasteiger charge is -2.23. The summed E-state index contributed by atoms with van der Waals surface area (Å²) in [4.78, 5) is 4.61. The van der Waals surface area contributed by atoms with Crippen molar-refractivity contribution in [2.45, 2.75) is 18.0 Å². The average Bonchev–Trinajstić information content (AvgIpc) is 2.87. The fourth-order valence-electron chi connectivity index (χ4n) is 1.76. The second-order valence-electron chi connectivity index (χ2n) is 4.18. The molecule has 2 aromatic heterocycles. The molecule has 1 unspecified atom stereocenters. The Balaban J connectivity index is 2.49. The zero-order valence-electron chi connectivity index (χ0n) is 10.9. The lowest BCUT2D eigenvalue weighted by Crippen LogP contribution is -2.38. The predicted octanol–water partition coefficient (Wildman–Crippen LogP) is 0.633. The number of nitrogen functional groups attached to an aromatic ring is 1. The van der Waals surface area contributed by atoms with E-state index in [9.17, 15) is 8.42 Å². The molecule has 0 saturated carbocycles. The van der Waals surface area contributed by atoms with Gasteiger partial charge < -0.3 is 10.5 Å². The van der Waals surface area contributed by atoms with Gasteiger partial charge in [0.1, 0.15) is 0 Å². The Kier molecular flexibility index (Phi) is 3.81. The molecular weight excluding hydrogens is 288 g/mol. The van der Waals surface area contributed by atoms with E-state index in [1.165, 1.54) is 34.2 Å². The molecule has 2 heterocycles. The molecule has 0 saturated heterocycles. The third-order valence-corrected chi connectivity index (χ3v) is 5.66. The van der Waals surface area contributed by atoms with E-state index < -0.39 is 10.0 Å². The number of hydrogen-bond acceptors (Lipinski definition) is 6. The fraction of sp³-hybridized carbons (Fsp3) is 0.500. The molecule has 2 rings (SSSR count). The molecule has 0 amide bonds. The topological polar surface area (TPSA) is 89.9 Å². The number of aromatic nitrogens is 2. The van der Waals surface area contributed by atoms with Crippen LogP contribution in [0, 0.1) is 0 Å². The van der Waals surface area contributed by atoms with Crippen LogP contribution in [0.1, 0.15) is 6.92 Å². The van der Waals surface area contributed by atoms with Crippen molar-refractivity contribution >= 4 is 32.1 Å². The van der Waals surface area contributed by atoms with Gasteiger partial charge in [-0.25, -0.2) is 13.4 Å². The molecule has 7 nitrogen and oxygen atoms in total. The maximum atomic E-state index is 12.6. The summed E-state index contributed by atoms with van der Waals surface area (Å²) in [6.07, 6.45) is 1.64. The Morgan fingerprint density at radius 2 is 2.32 bits per heavy atom. The van der Waals surface area contributed by atoms with Gasteiger partial charge in [0.25, 0.3) is 10.0 Å². The van der Waals surface area contributed by atoms with E-state index >= 15 is 0 Å².